The maximum Gasteiger partial charge on any atom is 0.226 e. The average Bonchev–Trinajstić information content (AvgIpc) is 3.27. The third-order valence-corrected chi connectivity index (χ3v) is 4.63. The zero-order valence-electron chi connectivity index (χ0n) is 12.2. The minimum Gasteiger partial charge on any atom is -0.342 e. The Labute approximate surface area is 128 Å². The van der Waals surface area contributed by atoms with Gasteiger partial charge in [0.1, 0.15) is 5.82 Å². The van der Waals surface area contributed by atoms with Crippen LogP contribution in [0.25, 0.3) is 11.3 Å². The molecule has 3 nitrogen and oxygen atoms in total. The first-order chi connectivity index (χ1) is 10.7. The van der Waals surface area contributed by atoms with Crippen LogP contribution in [0.3, 0.4) is 0 Å². The van der Waals surface area contributed by atoms with Crippen LogP contribution in [0.1, 0.15) is 24.3 Å². The molecule has 1 saturated heterocycles. The molecule has 1 saturated carbocycles. The van der Waals surface area contributed by atoms with Crippen molar-refractivity contribution in [2.75, 3.05) is 13.1 Å². The highest BCUT2D eigenvalue weighted by Crippen LogP contribution is 2.48. The number of hydrogen-bond donors (Lipinski definition) is 0. The Morgan fingerprint density at radius 3 is 2.50 bits per heavy atom. The largest absolute Gasteiger partial charge is 0.342 e. The maximum atomic E-state index is 12.9. The molecule has 0 spiro atoms. The van der Waals surface area contributed by atoms with Crippen LogP contribution in [0, 0.1) is 11.7 Å². The van der Waals surface area contributed by atoms with Crippen LogP contribution < -0.4 is 0 Å². The van der Waals surface area contributed by atoms with Crippen molar-refractivity contribution in [3.05, 3.63) is 54.0 Å². The van der Waals surface area contributed by atoms with Crippen molar-refractivity contribution in [1.29, 1.82) is 0 Å². The van der Waals surface area contributed by atoms with Crippen molar-refractivity contribution in [2.24, 2.45) is 5.92 Å². The number of amides is 1. The van der Waals surface area contributed by atoms with Gasteiger partial charge in [0.15, 0.2) is 0 Å². The van der Waals surface area contributed by atoms with E-state index >= 15 is 0 Å². The quantitative estimate of drug-likeness (QED) is 0.871. The van der Waals surface area contributed by atoms with E-state index in [0.717, 1.165) is 42.8 Å². The van der Waals surface area contributed by atoms with Crippen LogP contribution in [0.5, 0.6) is 0 Å². The fourth-order valence-electron chi connectivity index (χ4n) is 3.02. The lowest BCUT2D eigenvalue weighted by Gasteiger charge is -2.31. The van der Waals surface area contributed by atoms with Gasteiger partial charge in [-0.2, -0.15) is 0 Å². The van der Waals surface area contributed by atoms with E-state index in [1.807, 2.05) is 23.2 Å². The molecule has 2 aliphatic rings. The Morgan fingerprint density at radius 2 is 1.91 bits per heavy atom. The molecule has 1 aliphatic heterocycles. The SMILES string of the molecule is O=C(C1C[C@H]1c1ccc(-c2ccc(F)cc2)nc1)N1CCC1. The molecule has 1 aromatic heterocycles. The van der Waals surface area contributed by atoms with Gasteiger partial charge in [-0.3, -0.25) is 9.78 Å². The topological polar surface area (TPSA) is 33.2 Å². The molecule has 1 aliphatic carbocycles. The number of nitrogens with zero attached hydrogens (tertiary/aromatic N) is 2. The van der Waals surface area contributed by atoms with Gasteiger partial charge < -0.3 is 4.90 Å². The van der Waals surface area contributed by atoms with Crippen LogP contribution >= 0.6 is 0 Å². The van der Waals surface area contributed by atoms with Crippen LogP contribution in [0.4, 0.5) is 4.39 Å². The Balaban J connectivity index is 1.46. The van der Waals surface area contributed by atoms with Crippen molar-refractivity contribution in [3.63, 3.8) is 0 Å². The highest BCUT2D eigenvalue weighted by molar-refractivity contribution is 5.83. The minimum absolute atomic E-state index is 0.152. The van der Waals surface area contributed by atoms with E-state index in [-0.39, 0.29) is 11.7 Å². The molecule has 2 atom stereocenters. The standard InChI is InChI=1S/C18H17FN2O/c19-14-5-2-12(3-6-14)17-7-4-13(11-20-17)15-10-16(15)18(22)21-8-1-9-21/h2-7,11,15-16H,1,8-10H2/t15-,16?/m0/s1. The number of carbonyl (C=O) groups is 1. The van der Waals surface area contributed by atoms with Gasteiger partial charge in [0, 0.05) is 30.8 Å². The first-order valence-corrected chi connectivity index (χ1v) is 7.73. The van der Waals surface area contributed by atoms with E-state index in [0.29, 0.717) is 11.8 Å². The lowest BCUT2D eigenvalue weighted by Crippen LogP contribution is -2.43. The van der Waals surface area contributed by atoms with Gasteiger partial charge in [0.25, 0.3) is 0 Å². The van der Waals surface area contributed by atoms with Gasteiger partial charge in [-0.15, -0.1) is 0 Å². The molecule has 2 aromatic rings. The Morgan fingerprint density at radius 1 is 1.14 bits per heavy atom. The molecule has 112 valence electrons. The highest BCUT2D eigenvalue weighted by atomic mass is 19.1. The van der Waals surface area contributed by atoms with Crippen molar-refractivity contribution in [3.8, 4) is 11.3 Å². The maximum absolute atomic E-state index is 12.9. The summed E-state index contributed by atoms with van der Waals surface area (Å²) in [4.78, 5) is 18.6. The van der Waals surface area contributed by atoms with E-state index in [2.05, 4.69) is 4.98 Å². The number of pyridine rings is 1. The monoisotopic (exact) mass is 296 g/mol. The van der Waals surface area contributed by atoms with E-state index in [1.54, 1.807) is 12.1 Å². The van der Waals surface area contributed by atoms with Gasteiger partial charge in [0.2, 0.25) is 5.91 Å². The van der Waals surface area contributed by atoms with Gasteiger partial charge in [-0.05, 0) is 54.7 Å². The number of hydrogen-bond acceptors (Lipinski definition) is 2. The number of halogens is 1. The molecule has 1 aromatic carbocycles. The van der Waals surface area contributed by atoms with Gasteiger partial charge in [0.05, 0.1) is 5.69 Å². The second-order valence-corrected chi connectivity index (χ2v) is 6.11. The second kappa shape index (κ2) is 5.20. The Kier molecular flexibility index (Phi) is 3.17. The van der Waals surface area contributed by atoms with Crippen molar-refractivity contribution in [1.82, 2.24) is 9.88 Å². The molecule has 2 heterocycles. The number of aromatic nitrogens is 1. The van der Waals surface area contributed by atoms with Crippen molar-refractivity contribution in [2.45, 2.75) is 18.8 Å². The van der Waals surface area contributed by atoms with E-state index in [9.17, 15) is 9.18 Å². The predicted octanol–water partition coefficient (Wildman–Crippen LogP) is 3.22. The molecule has 2 fully saturated rings. The fraction of sp³-hybridized carbons (Fsp3) is 0.333. The summed E-state index contributed by atoms with van der Waals surface area (Å²) in [5.74, 6) is 0.534. The first kappa shape index (κ1) is 13.4. The molecule has 4 heteroatoms. The normalized spacial score (nSPS) is 23.0. The Hall–Kier alpha value is -2.23. The average molecular weight is 296 g/mol. The van der Waals surface area contributed by atoms with Crippen LogP contribution in [0.15, 0.2) is 42.6 Å². The number of benzene rings is 1. The molecule has 4 rings (SSSR count). The summed E-state index contributed by atoms with van der Waals surface area (Å²) in [6.07, 6.45) is 3.93. The lowest BCUT2D eigenvalue weighted by atomic mass is 10.1. The lowest BCUT2D eigenvalue weighted by molar-refractivity contribution is -0.136. The van der Waals surface area contributed by atoms with Gasteiger partial charge >= 0.3 is 0 Å². The van der Waals surface area contributed by atoms with Crippen LogP contribution in [-0.4, -0.2) is 28.9 Å². The first-order valence-electron chi connectivity index (χ1n) is 7.73. The summed E-state index contributed by atoms with van der Waals surface area (Å²) in [7, 11) is 0. The number of rotatable bonds is 3. The van der Waals surface area contributed by atoms with E-state index < -0.39 is 0 Å². The fourth-order valence-corrected chi connectivity index (χ4v) is 3.02. The van der Waals surface area contributed by atoms with Crippen molar-refractivity contribution < 1.29 is 9.18 Å². The van der Waals surface area contributed by atoms with Crippen LogP contribution in [0.2, 0.25) is 0 Å². The van der Waals surface area contributed by atoms with Gasteiger partial charge in [-0.25, -0.2) is 4.39 Å². The molecular weight excluding hydrogens is 279 g/mol. The number of likely N-dealkylation sites (tertiary alicyclic amines) is 1. The Bertz CT molecular complexity index is 692. The summed E-state index contributed by atoms with van der Waals surface area (Å²) in [5.41, 5.74) is 2.86. The zero-order valence-corrected chi connectivity index (χ0v) is 12.2. The molecule has 22 heavy (non-hydrogen) atoms. The molecule has 1 unspecified atom stereocenters. The second-order valence-electron chi connectivity index (χ2n) is 6.11. The summed E-state index contributed by atoms with van der Waals surface area (Å²) in [6, 6.07) is 10.3. The van der Waals surface area contributed by atoms with E-state index in [1.165, 1.54) is 12.1 Å². The predicted molar refractivity (Wildman–Crippen MR) is 81.7 cm³/mol. The smallest absolute Gasteiger partial charge is 0.226 e. The highest BCUT2D eigenvalue weighted by Gasteiger charge is 2.46. The summed E-state index contributed by atoms with van der Waals surface area (Å²) in [5, 5.41) is 0. The summed E-state index contributed by atoms with van der Waals surface area (Å²) in [6.45, 7) is 1.84. The van der Waals surface area contributed by atoms with Crippen molar-refractivity contribution >= 4 is 5.91 Å². The van der Waals surface area contributed by atoms with E-state index in [4.69, 9.17) is 0 Å². The van der Waals surface area contributed by atoms with Gasteiger partial charge in [-0.1, -0.05) is 6.07 Å². The third kappa shape index (κ3) is 2.39. The third-order valence-electron chi connectivity index (χ3n) is 4.63. The molecule has 1 amide bonds. The molecule has 0 N–H and O–H groups in total. The summed E-state index contributed by atoms with van der Waals surface area (Å²) < 4.78 is 12.9. The van der Waals surface area contributed by atoms with Crippen LogP contribution in [-0.2, 0) is 4.79 Å². The molecule has 0 bridgehead atoms. The number of carbonyl (C=O) groups excluding carboxylic acids is 1. The molecular formula is C18H17FN2O. The minimum atomic E-state index is -0.245. The zero-order chi connectivity index (χ0) is 15.1. The summed E-state index contributed by atoms with van der Waals surface area (Å²) >= 11 is 0. The molecule has 0 radical (unpaired) electrons.